The average molecular weight is 180 g/mol. The van der Waals surface area contributed by atoms with E-state index in [0.717, 1.165) is 6.54 Å². The maximum Gasteiger partial charge on any atom is 0.0572 e. The number of rotatable bonds is 4. The number of nitrogens with zero attached hydrogens (tertiary/aromatic N) is 1. The maximum absolute atomic E-state index is 4.76. The van der Waals surface area contributed by atoms with Crippen molar-refractivity contribution in [3.63, 3.8) is 0 Å². The van der Waals surface area contributed by atoms with Crippen molar-refractivity contribution in [3.05, 3.63) is 29.8 Å². The number of hydrogen-bond acceptors (Lipinski definition) is 3. The van der Waals surface area contributed by atoms with E-state index < -0.39 is 0 Å². The highest BCUT2D eigenvalue weighted by Crippen LogP contribution is 2.11. The Bertz CT molecular complexity index is 244. The third kappa shape index (κ3) is 3.05. The van der Waals surface area contributed by atoms with E-state index in [-0.39, 0.29) is 0 Å². The third-order valence-electron chi connectivity index (χ3n) is 1.87. The average Bonchev–Trinajstić information content (AvgIpc) is 2.15. The molecule has 1 aromatic carbocycles. The lowest BCUT2D eigenvalue weighted by molar-refractivity contribution is 0.0867. The number of hydroxylamine groups is 1. The number of nitrogens with one attached hydrogen (secondary N) is 1. The Kier molecular flexibility index (Phi) is 3.73. The molecule has 0 heterocycles. The van der Waals surface area contributed by atoms with Gasteiger partial charge in [0, 0.05) is 26.3 Å². The molecule has 0 unspecified atom stereocenters. The molecular weight excluding hydrogens is 164 g/mol. The van der Waals surface area contributed by atoms with Crippen molar-refractivity contribution in [3.8, 4) is 0 Å². The zero-order valence-corrected chi connectivity index (χ0v) is 8.37. The SMILES string of the molecule is CONCc1ccc(N(C)C)cc1. The van der Waals surface area contributed by atoms with Gasteiger partial charge in [-0.1, -0.05) is 12.1 Å². The first-order valence-electron chi connectivity index (χ1n) is 4.26. The fourth-order valence-electron chi connectivity index (χ4n) is 1.07. The largest absolute Gasteiger partial charge is 0.378 e. The molecule has 0 amide bonds. The van der Waals surface area contributed by atoms with Crippen LogP contribution in [-0.2, 0) is 11.4 Å². The maximum atomic E-state index is 4.76. The van der Waals surface area contributed by atoms with Crippen molar-refractivity contribution in [2.75, 3.05) is 26.1 Å². The van der Waals surface area contributed by atoms with Crippen LogP contribution in [-0.4, -0.2) is 21.2 Å². The van der Waals surface area contributed by atoms with Crippen LogP contribution >= 0.6 is 0 Å². The van der Waals surface area contributed by atoms with E-state index >= 15 is 0 Å². The molecule has 1 rings (SSSR count). The fraction of sp³-hybridized carbons (Fsp3) is 0.400. The van der Waals surface area contributed by atoms with E-state index in [9.17, 15) is 0 Å². The molecule has 0 atom stereocenters. The van der Waals surface area contributed by atoms with E-state index in [2.05, 4.69) is 34.6 Å². The lowest BCUT2D eigenvalue weighted by Gasteiger charge is -2.12. The van der Waals surface area contributed by atoms with E-state index in [4.69, 9.17) is 4.84 Å². The summed E-state index contributed by atoms with van der Waals surface area (Å²) in [4.78, 5) is 6.84. The molecule has 0 aliphatic rings. The van der Waals surface area contributed by atoms with Gasteiger partial charge >= 0.3 is 0 Å². The highest BCUT2D eigenvalue weighted by Gasteiger charge is 1.95. The lowest BCUT2D eigenvalue weighted by Crippen LogP contribution is -2.11. The lowest BCUT2D eigenvalue weighted by atomic mass is 10.2. The van der Waals surface area contributed by atoms with Gasteiger partial charge in [0.15, 0.2) is 0 Å². The molecule has 1 N–H and O–H groups in total. The first kappa shape index (κ1) is 10.0. The van der Waals surface area contributed by atoms with Gasteiger partial charge in [-0.2, -0.15) is 5.48 Å². The molecule has 0 aromatic heterocycles. The molecule has 1 aromatic rings. The Morgan fingerprint density at radius 3 is 2.31 bits per heavy atom. The van der Waals surface area contributed by atoms with Crippen molar-refractivity contribution in [2.45, 2.75) is 6.54 Å². The van der Waals surface area contributed by atoms with Crippen LogP contribution in [0.15, 0.2) is 24.3 Å². The molecule has 3 heteroatoms. The molecule has 3 nitrogen and oxygen atoms in total. The van der Waals surface area contributed by atoms with Crippen LogP contribution < -0.4 is 10.4 Å². The van der Waals surface area contributed by atoms with Crippen LogP contribution in [0.4, 0.5) is 5.69 Å². The van der Waals surface area contributed by atoms with Crippen LogP contribution in [0.5, 0.6) is 0 Å². The highest BCUT2D eigenvalue weighted by atomic mass is 16.6. The van der Waals surface area contributed by atoms with Gasteiger partial charge in [0.2, 0.25) is 0 Å². The van der Waals surface area contributed by atoms with Crippen LogP contribution in [0.3, 0.4) is 0 Å². The summed E-state index contributed by atoms with van der Waals surface area (Å²) in [6.45, 7) is 0.740. The molecule has 13 heavy (non-hydrogen) atoms. The molecule has 72 valence electrons. The minimum absolute atomic E-state index is 0.740. The Morgan fingerprint density at radius 2 is 1.85 bits per heavy atom. The Labute approximate surface area is 79.3 Å². The second-order valence-corrected chi connectivity index (χ2v) is 3.09. The van der Waals surface area contributed by atoms with Crippen molar-refractivity contribution >= 4 is 5.69 Å². The van der Waals surface area contributed by atoms with Crippen LogP contribution in [0.2, 0.25) is 0 Å². The first-order chi connectivity index (χ1) is 6.24. The van der Waals surface area contributed by atoms with Gasteiger partial charge in [-0.15, -0.1) is 0 Å². The first-order valence-corrected chi connectivity index (χ1v) is 4.26. The summed E-state index contributed by atoms with van der Waals surface area (Å²) in [7, 11) is 5.68. The zero-order chi connectivity index (χ0) is 9.68. The highest BCUT2D eigenvalue weighted by molar-refractivity contribution is 5.45. The monoisotopic (exact) mass is 180 g/mol. The minimum Gasteiger partial charge on any atom is -0.378 e. The molecular formula is C10H16N2O. The second-order valence-electron chi connectivity index (χ2n) is 3.09. The molecule has 0 saturated heterocycles. The predicted octanol–water partition coefficient (Wildman–Crippen LogP) is 1.40. The summed E-state index contributed by atoms with van der Waals surface area (Å²) in [5, 5.41) is 0. The number of anilines is 1. The standard InChI is InChI=1S/C10H16N2O/c1-12(2)10-6-4-9(5-7-10)8-11-13-3/h4-7,11H,8H2,1-3H3. The summed E-state index contributed by atoms with van der Waals surface area (Å²) < 4.78 is 0. The molecule has 0 aliphatic carbocycles. The number of benzene rings is 1. The van der Waals surface area contributed by atoms with E-state index in [1.807, 2.05) is 14.1 Å². The topological polar surface area (TPSA) is 24.5 Å². The molecule has 0 saturated carbocycles. The quantitative estimate of drug-likeness (QED) is 0.709. The van der Waals surface area contributed by atoms with Crippen LogP contribution in [0, 0.1) is 0 Å². The Morgan fingerprint density at radius 1 is 1.23 bits per heavy atom. The Hall–Kier alpha value is -1.06. The summed E-state index contributed by atoms with van der Waals surface area (Å²) in [5.41, 5.74) is 5.22. The van der Waals surface area contributed by atoms with Gasteiger partial charge in [0.05, 0.1) is 7.11 Å². The van der Waals surface area contributed by atoms with Gasteiger partial charge in [-0.3, -0.25) is 0 Å². The molecule has 0 aliphatic heterocycles. The molecule has 0 bridgehead atoms. The van der Waals surface area contributed by atoms with Gasteiger partial charge < -0.3 is 9.74 Å². The number of hydrogen-bond donors (Lipinski definition) is 1. The zero-order valence-electron chi connectivity index (χ0n) is 8.37. The van der Waals surface area contributed by atoms with E-state index in [1.54, 1.807) is 7.11 Å². The van der Waals surface area contributed by atoms with Gasteiger partial charge in [-0.05, 0) is 17.7 Å². The van der Waals surface area contributed by atoms with E-state index in [0.29, 0.717) is 0 Å². The van der Waals surface area contributed by atoms with Crippen molar-refractivity contribution < 1.29 is 4.84 Å². The van der Waals surface area contributed by atoms with Gasteiger partial charge in [0.25, 0.3) is 0 Å². The van der Waals surface area contributed by atoms with Crippen LogP contribution in [0.25, 0.3) is 0 Å². The summed E-state index contributed by atoms with van der Waals surface area (Å²) in [6, 6.07) is 8.35. The molecule has 0 radical (unpaired) electrons. The Balaban J connectivity index is 2.59. The van der Waals surface area contributed by atoms with Crippen molar-refractivity contribution in [1.82, 2.24) is 5.48 Å². The van der Waals surface area contributed by atoms with E-state index in [1.165, 1.54) is 11.3 Å². The van der Waals surface area contributed by atoms with Crippen molar-refractivity contribution in [2.24, 2.45) is 0 Å². The van der Waals surface area contributed by atoms with Gasteiger partial charge in [-0.25, -0.2) is 0 Å². The third-order valence-corrected chi connectivity index (χ3v) is 1.87. The summed E-state index contributed by atoms with van der Waals surface area (Å²) in [6.07, 6.45) is 0. The fourth-order valence-corrected chi connectivity index (χ4v) is 1.07. The normalized spacial score (nSPS) is 10.1. The van der Waals surface area contributed by atoms with Crippen LogP contribution in [0.1, 0.15) is 5.56 Å². The smallest absolute Gasteiger partial charge is 0.0572 e. The second kappa shape index (κ2) is 4.84. The predicted molar refractivity (Wildman–Crippen MR) is 54.6 cm³/mol. The van der Waals surface area contributed by atoms with Gasteiger partial charge in [0.1, 0.15) is 0 Å². The molecule has 0 spiro atoms. The molecule has 0 fully saturated rings. The van der Waals surface area contributed by atoms with Crippen molar-refractivity contribution in [1.29, 1.82) is 0 Å². The summed E-state index contributed by atoms with van der Waals surface area (Å²) in [5.74, 6) is 0. The minimum atomic E-state index is 0.740. The summed E-state index contributed by atoms with van der Waals surface area (Å²) >= 11 is 0.